The maximum Gasteiger partial charge on any atom is 0.271 e. The van der Waals surface area contributed by atoms with E-state index < -0.39 is 15.9 Å². The van der Waals surface area contributed by atoms with E-state index >= 15 is 0 Å². The zero-order chi connectivity index (χ0) is 14.0. The fourth-order valence-electron chi connectivity index (χ4n) is 1.96. The number of amides is 1. The van der Waals surface area contributed by atoms with Gasteiger partial charge in [0, 0.05) is 19.6 Å². The van der Waals surface area contributed by atoms with Gasteiger partial charge in [-0.05, 0) is 19.3 Å². The third kappa shape index (κ3) is 3.04. The molecule has 106 valence electrons. The number of carbonyl (C=O) groups excluding carboxylic acids is 1. The normalized spacial score (nSPS) is 19.5. The number of nitrogens with zero attached hydrogens (tertiary/aromatic N) is 1. The van der Waals surface area contributed by atoms with Gasteiger partial charge in [-0.1, -0.05) is 5.16 Å². The molecule has 2 heterocycles. The third-order valence-corrected chi connectivity index (χ3v) is 4.38. The van der Waals surface area contributed by atoms with Gasteiger partial charge in [0.25, 0.3) is 10.0 Å². The summed E-state index contributed by atoms with van der Waals surface area (Å²) in [5, 5.41) is 3.35. The number of hydrogen-bond acceptors (Lipinski definition) is 7. The molecular weight excluding hydrogens is 274 g/mol. The molecule has 2 rings (SSSR count). The largest absolute Gasteiger partial charge is 0.381 e. The fraction of sp³-hybridized carbons (Fsp3) is 0.600. The van der Waals surface area contributed by atoms with Gasteiger partial charge >= 0.3 is 0 Å². The Bertz CT molecular complexity index is 554. The summed E-state index contributed by atoms with van der Waals surface area (Å²) >= 11 is 0. The highest BCUT2D eigenvalue weighted by Gasteiger charge is 2.28. The van der Waals surface area contributed by atoms with Crippen LogP contribution in [0, 0.1) is 12.8 Å². The van der Waals surface area contributed by atoms with Crippen molar-refractivity contribution in [1.29, 1.82) is 0 Å². The van der Waals surface area contributed by atoms with Crippen molar-refractivity contribution in [3.8, 4) is 0 Å². The first kappa shape index (κ1) is 13.8. The lowest BCUT2D eigenvalue weighted by molar-refractivity contribution is -0.120. The molecule has 1 fully saturated rings. The summed E-state index contributed by atoms with van der Waals surface area (Å²) in [4.78, 5) is 11.4. The highest BCUT2D eigenvalue weighted by molar-refractivity contribution is 7.90. The molecular formula is C10H15N3O5S. The Morgan fingerprint density at radius 1 is 1.58 bits per heavy atom. The predicted octanol–water partition coefficient (Wildman–Crippen LogP) is -0.203. The Kier molecular flexibility index (Phi) is 3.76. The van der Waals surface area contributed by atoms with Gasteiger partial charge in [0.1, 0.15) is 0 Å². The number of aromatic nitrogens is 1. The summed E-state index contributed by atoms with van der Waals surface area (Å²) in [5.74, 6) is -0.754. The van der Waals surface area contributed by atoms with Crippen molar-refractivity contribution in [1.82, 2.24) is 9.88 Å². The first-order valence-corrected chi connectivity index (χ1v) is 7.23. The van der Waals surface area contributed by atoms with Crippen LogP contribution in [0.5, 0.6) is 0 Å². The minimum absolute atomic E-state index is 0.0435. The molecule has 0 radical (unpaired) electrons. The molecule has 0 spiro atoms. The SMILES string of the molecule is Cc1onc(N)c1S(=O)(=O)NC(=O)C[C@H]1CCOC1. The molecule has 0 aromatic carbocycles. The molecule has 1 aromatic rings. The number of hydrogen-bond donors (Lipinski definition) is 2. The number of aryl methyl sites for hydroxylation is 1. The molecule has 3 N–H and O–H groups in total. The summed E-state index contributed by atoms with van der Waals surface area (Å²) in [6, 6.07) is 0. The van der Waals surface area contributed by atoms with Crippen molar-refractivity contribution >= 4 is 21.7 Å². The first-order valence-electron chi connectivity index (χ1n) is 5.75. The van der Waals surface area contributed by atoms with Crippen LogP contribution in [0.25, 0.3) is 0 Å². The molecule has 19 heavy (non-hydrogen) atoms. The van der Waals surface area contributed by atoms with Gasteiger partial charge in [-0.2, -0.15) is 0 Å². The quantitative estimate of drug-likeness (QED) is 0.786. The Hall–Kier alpha value is -1.61. The van der Waals surface area contributed by atoms with Crippen LogP contribution in [0.4, 0.5) is 5.82 Å². The van der Waals surface area contributed by atoms with Crippen LogP contribution in [0.3, 0.4) is 0 Å². The van der Waals surface area contributed by atoms with Crippen LogP contribution in [0.15, 0.2) is 9.42 Å². The minimum Gasteiger partial charge on any atom is -0.381 e. The lowest BCUT2D eigenvalue weighted by Crippen LogP contribution is -2.32. The molecule has 1 atom stereocenters. The van der Waals surface area contributed by atoms with E-state index in [4.69, 9.17) is 10.5 Å². The van der Waals surface area contributed by atoms with E-state index in [9.17, 15) is 13.2 Å². The second-order valence-corrected chi connectivity index (χ2v) is 6.03. The van der Waals surface area contributed by atoms with E-state index in [1.165, 1.54) is 6.92 Å². The summed E-state index contributed by atoms with van der Waals surface area (Å²) in [7, 11) is -4.04. The molecule has 0 aliphatic carbocycles. The molecule has 1 aromatic heterocycles. The lowest BCUT2D eigenvalue weighted by Gasteiger charge is -2.08. The van der Waals surface area contributed by atoms with Gasteiger partial charge in [-0.3, -0.25) is 4.79 Å². The molecule has 0 unspecified atom stereocenters. The third-order valence-electron chi connectivity index (χ3n) is 2.85. The molecule has 1 aliphatic heterocycles. The molecule has 0 bridgehead atoms. The van der Waals surface area contributed by atoms with E-state index in [-0.39, 0.29) is 28.8 Å². The number of nitrogens with one attached hydrogen (secondary N) is 1. The van der Waals surface area contributed by atoms with E-state index in [0.717, 1.165) is 6.42 Å². The second-order valence-electron chi connectivity index (χ2n) is 4.42. The number of nitrogen functional groups attached to an aromatic ring is 1. The predicted molar refractivity (Wildman–Crippen MR) is 64.5 cm³/mol. The van der Waals surface area contributed by atoms with E-state index in [2.05, 4.69) is 9.68 Å². The maximum atomic E-state index is 12.0. The summed E-state index contributed by atoms with van der Waals surface area (Å²) < 4.78 is 35.7. The second kappa shape index (κ2) is 5.17. The number of sulfonamides is 1. The van der Waals surface area contributed by atoms with Gasteiger partial charge in [0.15, 0.2) is 16.5 Å². The molecule has 1 saturated heterocycles. The summed E-state index contributed by atoms with van der Waals surface area (Å²) in [6.07, 6.45) is 0.853. The number of rotatable bonds is 4. The van der Waals surface area contributed by atoms with Crippen molar-refractivity contribution in [2.75, 3.05) is 18.9 Å². The highest BCUT2D eigenvalue weighted by Crippen LogP contribution is 2.22. The van der Waals surface area contributed by atoms with Crippen LogP contribution < -0.4 is 10.5 Å². The van der Waals surface area contributed by atoms with Crippen molar-refractivity contribution in [3.63, 3.8) is 0 Å². The standard InChI is InChI=1S/C10H15N3O5S/c1-6-9(10(11)12-18-6)19(15,16)13-8(14)4-7-2-3-17-5-7/h7H,2-5H2,1H3,(H2,11,12)(H,13,14)/t7-/m1/s1. The zero-order valence-electron chi connectivity index (χ0n) is 10.4. The smallest absolute Gasteiger partial charge is 0.271 e. The highest BCUT2D eigenvalue weighted by atomic mass is 32.2. The van der Waals surface area contributed by atoms with Gasteiger partial charge in [0.05, 0.1) is 0 Å². The van der Waals surface area contributed by atoms with Crippen LogP contribution in [-0.2, 0) is 19.6 Å². The van der Waals surface area contributed by atoms with Gasteiger partial charge < -0.3 is 15.0 Å². The Labute approximate surface area is 110 Å². The topological polar surface area (TPSA) is 125 Å². The Morgan fingerprint density at radius 2 is 2.32 bits per heavy atom. The van der Waals surface area contributed by atoms with Crippen LogP contribution in [0.2, 0.25) is 0 Å². The van der Waals surface area contributed by atoms with Crippen molar-refractivity contribution in [3.05, 3.63) is 5.76 Å². The zero-order valence-corrected chi connectivity index (χ0v) is 11.2. The van der Waals surface area contributed by atoms with Gasteiger partial charge in [-0.25, -0.2) is 13.1 Å². The fourth-order valence-corrected chi connectivity index (χ4v) is 3.17. The van der Waals surface area contributed by atoms with Gasteiger partial charge in [0.2, 0.25) is 5.91 Å². The summed E-state index contributed by atoms with van der Waals surface area (Å²) in [5.41, 5.74) is 5.41. The number of nitrogens with two attached hydrogens (primary N) is 1. The van der Waals surface area contributed by atoms with E-state index in [1.54, 1.807) is 0 Å². The molecule has 0 saturated carbocycles. The van der Waals surface area contributed by atoms with Crippen LogP contribution >= 0.6 is 0 Å². The van der Waals surface area contributed by atoms with Crippen LogP contribution in [-0.4, -0.2) is 32.7 Å². The number of carbonyl (C=O) groups is 1. The first-order chi connectivity index (χ1) is 8.90. The monoisotopic (exact) mass is 289 g/mol. The van der Waals surface area contributed by atoms with Crippen molar-refractivity contribution in [2.24, 2.45) is 5.92 Å². The summed E-state index contributed by atoms with van der Waals surface area (Å²) in [6.45, 7) is 2.48. The van der Waals surface area contributed by atoms with Crippen molar-refractivity contribution in [2.45, 2.75) is 24.7 Å². The average molecular weight is 289 g/mol. The lowest BCUT2D eigenvalue weighted by atomic mass is 10.1. The van der Waals surface area contributed by atoms with Crippen molar-refractivity contribution < 1.29 is 22.5 Å². The Balaban J connectivity index is 2.07. The molecule has 1 amide bonds. The molecule has 1 aliphatic rings. The number of ether oxygens (including phenoxy) is 1. The van der Waals surface area contributed by atoms with Crippen LogP contribution in [0.1, 0.15) is 18.6 Å². The maximum absolute atomic E-state index is 12.0. The Morgan fingerprint density at radius 3 is 2.84 bits per heavy atom. The molecule has 8 nitrogen and oxygen atoms in total. The van der Waals surface area contributed by atoms with E-state index in [0.29, 0.717) is 13.2 Å². The molecule has 9 heteroatoms. The minimum atomic E-state index is -4.04. The number of anilines is 1. The van der Waals surface area contributed by atoms with E-state index in [1.807, 2.05) is 4.72 Å². The van der Waals surface area contributed by atoms with Gasteiger partial charge in [-0.15, -0.1) is 0 Å². The average Bonchev–Trinajstić information content (AvgIpc) is 2.88.